The van der Waals surface area contributed by atoms with Crippen molar-refractivity contribution in [2.75, 3.05) is 18.4 Å². The van der Waals surface area contributed by atoms with E-state index >= 15 is 0 Å². The number of anilines is 1. The Kier molecular flexibility index (Phi) is 5.77. The molecule has 188 valence electrons. The first-order valence-electron chi connectivity index (χ1n) is 11.8. The number of aromatic nitrogens is 4. The van der Waals surface area contributed by atoms with Crippen LogP contribution >= 0.6 is 23.2 Å². The Morgan fingerprint density at radius 2 is 1.92 bits per heavy atom. The van der Waals surface area contributed by atoms with Crippen LogP contribution in [0.15, 0.2) is 49.1 Å². The molecule has 1 fully saturated rings. The maximum atomic E-state index is 13.4. The van der Waals surface area contributed by atoms with E-state index in [1.54, 1.807) is 17.2 Å². The van der Waals surface area contributed by atoms with Gasteiger partial charge in [-0.25, -0.2) is 19.7 Å². The number of pyridine rings is 1. The molecule has 1 aromatic carbocycles. The summed E-state index contributed by atoms with van der Waals surface area (Å²) in [4.78, 5) is 40.5. The summed E-state index contributed by atoms with van der Waals surface area (Å²) in [6, 6.07) is 9.19. The highest BCUT2D eigenvalue weighted by Gasteiger charge is 2.45. The van der Waals surface area contributed by atoms with Gasteiger partial charge in [-0.15, -0.1) is 0 Å². The van der Waals surface area contributed by atoms with Gasteiger partial charge < -0.3 is 14.2 Å². The fourth-order valence-corrected chi connectivity index (χ4v) is 5.68. The fourth-order valence-electron chi connectivity index (χ4n) is 5.27. The second kappa shape index (κ2) is 9.00. The van der Waals surface area contributed by atoms with Gasteiger partial charge in [0, 0.05) is 60.4 Å². The minimum atomic E-state index is -0.788. The minimum Gasteiger partial charge on any atom is -0.437 e. The van der Waals surface area contributed by atoms with Crippen LogP contribution in [0.4, 0.5) is 10.6 Å². The highest BCUT2D eigenvalue weighted by atomic mass is 35.5. The standard InChI is InChI=1S/C26H22Cl2N6O3/c1-15-21-17(16-4-2-6-19(27)22(16)28)12-34(24(21)31-14-30-15)13-20(35)33-10-7-26(8-11-33)18-5-3-9-29-23(18)32-25(36)37-26/h2-6,9,12,14H,7-8,10-11,13H2,1H3,(H,29,32,36). The molecule has 0 unspecified atom stereocenters. The second-order valence-electron chi connectivity index (χ2n) is 9.22. The van der Waals surface area contributed by atoms with Gasteiger partial charge in [-0.3, -0.25) is 10.1 Å². The number of halogens is 2. The maximum absolute atomic E-state index is 13.4. The predicted molar refractivity (Wildman–Crippen MR) is 140 cm³/mol. The van der Waals surface area contributed by atoms with Gasteiger partial charge in [-0.2, -0.15) is 0 Å². The van der Waals surface area contributed by atoms with Gasteiger partial charge >= 0.3 is 6.09 Å². The molecule has 0 saturated carbocycles. The van der Waals surface area contributed by atoms with Crippen molar-refractivity contribution in [3.63, 3.8) is 0 Å². The lowest BCUT2D eigenvalue weighted by Crippen LogP contribution is -2.50. The number of hydrogen-bond donors (Lipinski definition) is 1. The molecule has 0 aliphatic carbocycles. The molecule has 6 rings (SSSR count). The van der Waals surface area contributed by atoms with E-state index in [-0.39, 0.29) is 12.5 Å². The zero-order valence-electron chi connectivity index (χ0n) is 19.9. The number of aryl methyl sites for hydroxylation is 1. The van der Waals surface area contributed by atoms with Crippen molar-refractivity contribution in [3.05, 3.63) is 70.4 Å². The highest BCUT2D eigenvalue weighted by Crippen LogP contribution is 2.43. The first kappa shape index (κ1) is 23.7. The third-order valence-corrected chi connectivity index (χ3v) is 7.94. The summed E-state index contributed by atoms with van der Waals surface area (Å²) in [6.07, 6.45) is 5.46. The molecule has 0 atom stereocenters. The van der Waals surface area contributed by atoms with Crippen LogP contribution in [0.2, 0.25) is 10.0 Å². The molecule has 3 aromatic heterocycles. The Hall–Kier alpha value is -3.69. The number of nitrogens with zero attached hydrogens (tertiary/aromatic N) is 5. The summed E-state index contributed by atoms with van der Waals surface area (Å²) in [5, 5.41) is 4.36. The topological polar surface area (TPSA) is 102 Å². The van der Waals surface area contributed by atoms with Crippen LogP contribution in [-0.4, -0.2) is 49.5 Å². The second-order valence-corrected chi connectivity index (χ2v) is 10.0. The van der Waals surface area contributed by atoms with Crippen molar-refractivity contribution >= 4 is 52.1 Å². The maximum Gasteiger partial charge on any atom is 0.413 e. The molecule has 1 saturated heterocycles. The summed E-state index contributed by atoms with van der Waals surface area (Å²) in [7, 11) is 0. The van der Waals surface area contributed by atoms with E-state index in [0.717, 1.165) is 27.8 Å². The third kappa shape index (κ3) is 3.98. The Balaban J connectivity index is 1.27. The number of carbonyl (C=O) groups is 2. The number of piperidine rings is 1. The first-order valence-corrected chi connectivity index (χ1v) is 12.6. The van der Waals surface area contributed by atoms with Crippen molar-refractivity contribution in [3.8, 4) is 11.1 Å². The van der Waals surface area contributed by atoms with Gasteiger partial charge in [0.2, 0.25) is 5.91 Å². The molecule has 0 radical (unpaired) electrons. The third-order valence-electron chi connectivity index (χ3n) is 7.12. The van der Waals surface area contributed by atoms with Crippen molar-refractivity contribution in [1.29, 1.82) is 0 Å². The van der Waals surface area contributed by atoms with Crippen LogP contribution in [0.5, 0.6) is 0 Å². The monoisotopic (exact) mass is 536 g/mol. The summed E-state index contributed by atoms with van der Waals surface area (Å²) >= 11 is 12.8. The van der Waals surface area contributed by atoms with Gasteiger partial charge in [-0.05, 0) is 25.1 Å². The van der Waals surface area contributed by atoms with E-state index in [1.165, 1.54) is 6.33 Å². The van der Waals surface area contributed by atoms with Gasteiger partial charge in [0.1, 0.15) is 29.9 Å². The molecule has 5 heterocycles. The lowest BCUT2D eigenvalue weighted by Gasteiger charge is -2.43. The summed E-state index contributed by atoms with van der Waals surface area (Å²) < 4.78 is 7.58. The molecule has 9 nitrogen and oxygen atoms in total. The van der Waals surface area contributed by atoms with Crippen LogP contribution in [0.1, 0.15) is 24.1 Å². The molecule has 4 aromatic rings. The summed E-state index contributed by atoms with van der Waals surface area (Å²) in [5.74, 6) is 0.457. The zero-order valence-corrected chi connectivity index (χ0v) is 21.4. The molecule has 2 amide bonds. The molecular formula is C26H22Cl2N6O3. The Labute approximate surface area is 222 Å². The van der Waals surface area contributed by atoms with E-state index in [2.05, 4.69) is 20.3 Å². The Morgan fingerprint density at radius 3 is 2.73 bits per heavy atom. The predicted octanol–water partition coefficient (Wildman–Crippen LogP) is 5.19. The number of ether oxygens (including phenoxy) is 1. The fraction of sp³-hybridized carbons (Fsp3) is 0.269. The van der Waals surface area contributed by atoms with Gasteiger partial charge in [0.05, 0.1) is 15.7 Å². The van der Waals surface area contributed by atoms with E-state index < -0.39 is 11.7 Å². The first-order chi connectivity index (χ1) is 17.9. The number of amides is 2. The average molecular weight is 537 g/mol. The average Bonchev–Trinajstić information content (AvgIpc) is 3.25. The van der Waals surface area contributed by atoms with E-state index in [4.69, 9.17) is 27.9 Å². The molecule has 1 spiro atoms. The van der Waals surface area contributed by atoms with Crippen LogP contribution in [0.3, 0.4) is 0 Å². The van der Waals surface area contributed by atoms with Gasteiger partial charge in [-0.1, -0.05) is 35.3 Å². The van der Waals surface area contributed by atoms with Crippen molar-refractivity contribution in [1.82, 2.24) is 24.4 Å². The lowest BCUT2D eigenvalue weighted by molar-refractivity contribution is -0.136. The number of hydrogen-bond acceptors (Lipinski definition) is 6. The molecule has 11 heteroatoms. The number of fused-ring (bicyclic) bond motifs is 3. The van der Waals surface area contributed by atoms with Gasteiger partial charge in [0.15, 0.2) is 0 Å². The van der Waals surface area contributed by atoms with Crippen molar-refractivity contribution < 1.29 is 14.3 Å². The van der Waals surface area contributed by atoms with E-state index in [9.17, 15) is 9.59 Å². The molecule has 2 aliphatic rings. The summed E-state index contributed by atoms with van der Waals surface area (Å²) in [6.45, 7) is 2.88. The number of benzene rings is 1. The largest absolute Gasteiger partial charge is 0.437 e. The lowest BCUT2D eigenvalue weighted by atomic mass is 9.83. The number of nitrogens with one attached hydrogen (secondary N) is 1. The van der Waals surface area contributed by atoms with E-state index in [1.807, 2.05) is 42.0 Å². The van der Waals surface area contributed by atoms with Crippen LogP contribution in [0.25, 0.3) is 22.2 Å². The quantitative estimate of drug-likeness (QED) is 0.386. The van der Waals surface area contributed by atoms with Crippen LogP contribution < -0.4 is 5.32 Å². The molecule has 1 N–H and O–H groups in total. The molecule has 37 heavy (non-hydrogen) atoms. The van der Waals surface area contributed by atoms with Crippen LogP contribution in [-0.2, 0) is 21.7 Å². The smallest absolute Gasteiger partial charge is 0.413 e. The van der Waals surface area contributed by atoms with E-state index in [0.29, 0.717) is 47.4 Å². The van der Waals surface area contributed by atoms with Crippen molar-refractivity contribution in [2.45, 2.75) is 31.9 Å². The Bertz CT molecular complexity index is 1560. The van der Waals surface area contributed by atoms with Crippen LogP contribution in [0, 0.1) is 6.92 Å². The number of carbonyl (C=O) groups excluding carboxylic acids is 2. The van der Waals surface area contributed by atoms with Gasteiger partial charge in [0.25, 0.3) is 0 Å². The summed E-state index contributed by atoms with van der Waals surface area (Å²) in [5.41, 5.74) is 3.05. The Morgan fingerprint density at radius 1 is 1.11 bits per heavy atom. The number of rotatable bonds is 3. The molecule has 2 aliphatic heterocycles. The normalized spacial score (nSPS) is 16.4. The highest BCUT2D eigenvalue weighted by molar-refractivity contribution is 6.44. The zero-order chi connectivity index (χ0) is 25.7. The minimum absolute atomic E-state index is 0.0570. The molecule has 0 bridgehead atoms. The SMILES string of the molecule is Cc1ncnc2c1c(-c1cccc(Cl)c1Cl)cn2CC(=O)N1CCC2(CC1)OC(=O)Nc1ncccc12. The number of likely N-dealkylation sites (tertiary alicyclic amines) is 1. The van der Waals surface area contributed by atoms with Crippen molar-refractivity contribution in [2.24, 2.45) is 0 Å². The molecular weight excluding hydrogens is 515 g/mol.